The number of rotatable bonds is 9. The fourth-order valence-electron chi connectivity index (χ4n) is 2.12. The summed E-state index contributed by atoms with van der Waals surface area (Å²) >= 11 is 0. The van der Waals surface area contributed by atoms with Crippen LogP contribution in [0.4, 0.5) is 8.78 Å². The molecule has 27 heavy (non-hydrogen) atoms. The molecule has 1 heterocycles. The number of furan rings is 1. The Morgan fingerprint density at radius 2 is 1.96 bits per heavy atom. The topological polar surface area (TPSA) is 89.8 Å². The number of methoxy groups -OCH3 is 1. The molecule has 2 aromatic rings. The number of nitrogens with one attached hydrogen (secondary N) is 2. The van der Waals surface area contributed by atoms with Gasteiger partial charge in [-0.3, -0.25) is 9.59 Å². The summed E-state index contributed by atoms with van der Waals surface area (Å²) in [5.74, 6) is -0.725. The van der Waals surface area contributed by atoms with Gasteiger partial charge in [-0.1, -0.05) is 12.1 Å². The van der Waals surface area contributed by atoms with Crippen molar-refractivity contribution in [3.05, 3.63) is 54.0 Å². The SMILES string of the molecule is COc1cccc(/C=C/C(=O)NCCNC(=O)c2ccco2)c1OC(F)F. The summed E-state index contributed by atoms with van der Waals surface area (Å²) in [6.45, 7) is -2.66. The second-order valence-corrected chi connectivity index (χ2v) is 5.11. The summed E-state index contributed by atoms with van der Waals surface area (Å²) in [6.07, 6.45) is 3.88. The number of carbonyl (C=O) groups excluding carboxylic acids is 2. The molecule has 0 spiro atoms. The van der Waals surface area contributed by atoms with Crippen LogP contribution in [0.25, 0.3) is 6.08 Å². The molecule has 0 radical (unpaired) electrons. The highest BCUT2D eigenvalue weighted by Gasteiger charge is 2.14. The van der Waals surface area contributed by atoms with E-state index in [1.807, 2.05) is 0 Å². The van der Waals surface area contributed by atoms with E-state index in [9.17, 15) is 18.4 Å². The lowest BCUT2D eigenvalue weighted by molar-refractivity contribution is -0.116. The summed E-state index contributed by atoms with van der Waals surface area (Å²) in [5, 5.41) is 5.12. The zero-order valence-corrected chi connectivity index (χ0v) is 14.4. The summed E-state index contributed by atoms with van der Waals surface area (Å²) in [7, 11) is 1.32. The zero-order valence-electron chi connectivity index (χ0n) is 14.4. The van der Waals surface area contributed by atoms with Crippen molar-refractivity contribution in [2.45, 2.75) is 6.61 Å². The molecule has 144 valence electrons. The van der Waals surface area contributed by atoms with Crippen LogP contribution in [0.5, 0.6) is 11.5 Å². The third-order valence-electron chi connectivity index (χ3n) is 3.31. The van der Waals surface area contributed by atoms with Crippen molar-refractivity contribution in [3.8, 4) is 11.5 Å². The number of carbonyl (C=O) groups is 2. The minimum Gasteiger partial charge on any atom is -0.493 e. The van der Waals surface area contributed by atoms with Crippen LogP contribution in [-0.2, 0) is 4.79 Å². The van der Waals surface area contributed by atoms with Crippen molar-refractivity contribution in [2.75, 3.05) is 20.2 Å². The quantitative estimate of drug-likeness (QED) is 0.515. The van der Waals surface area contributed by atoms with Crippen LogP contribution in [0.2, 0.25) is 0 Å². The lowest BCUT2D eigenvalue weighted by Crippen LogP contribution is -2.33. The van der Waals surface area contributed by atoms with E-state index in [0.29, 0.717) is 0 Å². The van der Waals surface area contributed by atoms with E-state index < -0.39 is 18.4 Å². The molecule has 0 saturated carbocycles. The van der Waals surface area contributed by atoms with Gasteiger partial charge < -0.3 is 24.5 Å². The van der Waals surface area contributed by atoms with E-state index in [0.717, 1.165) is 0 Å². The van der Waals surface area contributed by atoms with Gasteiger partial charge in [-0.15, -0.1) is 0 Å². The number of para-hydroxylation sites is 1. The Morgan fingerprint density at radius 3 is 2.63 bits per heavy atom. The van der Waals surface area contributed by atoms with Crippen molar-refractivity contribution in [1.82, 2.24) is 10.6 Å². The molecule has 2 rings (SSSR count). The van der Waals surface area contributed by atoms with Gasteiger partial charge in [-0.2, -0.15) is 8.78 Å². The Kier molecular flexibility index (Phi) is 7.36. The fourth-order valence-corrected chi connectivity index (χ4v) is 2.12. The second-order valence-electron chi connectivity index (χ2n) is 5.11. The Hall–Kier alpha value is -3.36. The normalized spacial score (nSPS) is 10.8. The summed E-state index contributed by atoms with van der Waals surface area (Å²) in [6, 6.07) is 7.67. The standard InChI is InChI=1S/C18H18F2N2O5/c1-25-13-5-2-4-12(16(13)27-18(19)20)7-8-15(23)21-9-10-22-17(24)14-6-3-11-26-14/h2-8,11,18H,9-10H2,1H3,(H,21,23)(H,22,24)/b8-7+. The highest BCUT2D eigenvalue weighted by Crippen LogP contribution is 2.33. The summed E-state index contributed by atoms with van der Waals surface area (Å²) in [4.78, 5) is 23.5. The first-order valence-corrected chi connectivity index (χ1v) is 7.90. The number of hydrogen-bond acceptors (Lipinski definition) is 5. The van der Waals surface area contributed by atoms with Crippen molar-refractivity contribution in [3.63, 3.8) is 0 Å². The van der Waals surface area contributed by atoms with Crippen molar-refractivity contribution >= 4 is 17.9 Å². The van der Waals surface area contributed by atoms with Crippen molar-refractivity contribution < 1.29 is 32.3 Å². The third kappa shape index (κ3) is 6.14. The molecule has 7 nitrogen and oxygen atoms in total. The van der Waals surface area contributed by atoms with Gasteiger partial charge >= 0.3 is 6.61 Å². The van der Waals surface area contributed by atoms with Crippen LogP contribution in [0, 0.1) is 0 Å². The molecule has 0 saturated heterocycles. The first kappa shape index (κ1) is 20.0. The van der Waals surface area contributed by atoms with Gasteiger partial charge in [0.2, 0.25) is 5.91 Å². The fraction of sp³-hybridized carbons (Fsp3) is 0.222. The summed E-state index contributed by atoms with van der Waals surface area (Å²) < 4.78 is 39.5. The van der Waals surface area contributed by atoms with Gasteiger partial charge in [-0.25, -0.2) is 0 Å². The van der Waals surface area contributed by atoms with E-state index in [1.165, 1.54) is 43.7 Å². The highest BCUT2D eigenvalue weighted by atomic mass is 19.3. The predicted molar refractivity (Wildman–Crippen MR) is 92.7 cm³/mol. The minimum absolute atomic E-state index is 0.124. The average molecular weight is 380 g/mol. The van der Waals surface area contributed by atoms with Gasteiger partial charge in [0.25, 0.3) is 5.91 Å². The lowest BCUT2D eigenvalue weighted by Gasteiger charge is -2.12. The monoisotopic (exact) mass is 380 g/mol. The minimum atomic E-state index is -3.03. The predicted octanol–water partition coefficient (Wildman–Crippen LogP) is 2.45. The maximum atomic E-state index is 12.6. The number of amides is 2. The Labute approximate surface area is 153 Å². The van der Waals surface area contributed by atoms with E-state index in [-0.39, 0.29) is 35.9 Å². The number of alkyl halides is 2. The molecular weight excluding hydrogens is 362 g/mol. The molecule has 0 aliphatic rings. The second kappa shape index (κ2) is 9.95. The van der Waals surface area contributed by atoms with Gasteiger partial charge in [0.1, 0.15) is 0 Å². The van der Waals surface area contributed by atoms with Crippen LogP contribution >= 0.6 is 0 Å². The van der Waals surface area contributed by atoms with E-state index in [2.05, 4.69) is 15.4 Å². The molecule has 2 N–H and O–H groups in total. The van der Waals surface area contributed by atoms with Crippen LogP contribution in [0.1, 0.15) is 16.1 Å². The molecule has 9 heteroatoms. The number of benzene rings is 1. The van der Waals surface area contributed by atoms with Crippen molar-refractivity contribution in [1.29, 1.82) is 0 Å². The van der Waals surface area contributed by atoms with Gasteiger partial charge in [0, 0.05) is 24.7 Å². The van der Waals surface area contributed by atoms with E-state index in [4.69, 9.17) is 9.15 Å². The van der Waals surface area contributed by atoms with Crippen LogP contribution in [0.15, 0.2) is 47.1 Å². The van der Waals surface area contributed by atoms with E-state index >= 15 is 0 Å². The number of ether oxygens (including phenoxy) is 2. The average Bonchev–Trinajstić information content (AvgIpc) is 3.18. The Balaban J connectivity index is 1.86. The Morgan fingerprint density at radius 1 is 1.19 bits per heavy atom. The van der Waals surface area contributed by atoms with Crippen LogP contribution in [0.3, 0.4) is 0 Å². The first-order valence-electron chi connectivity index (χ1n) is 7.90. The number of halogens is 2. The van der Waals surface area contributed by atoms with E-state index in [1.54, 1.807) is 12.1 Å². The molecule has 0 unspecified atom stereocenters. The molecule has 0 atom stereocenters. The van der Waals surface area contributed by atoms with Crippen LogP contribution < -0.4 is 20.1 Å². The molecule has 0 bridgehead atoms. The molecule has 0 aliphatic carbocycles. The lowest BCUT2D eigenvalue weighted by atomic mass is 10.1. The first-order chi connectivity index (χ1) is 13.0. The van der Waals surface area contributed by atoms with Crippen molar-refractivity contribution in [2.24, 2.45) is 0 Å². The van der Waals surface area contributed by atoms with Gasteiger partial charge in [-0.05, 0) is 24.3 Å². The molecule has 2 amide bonds. The molecule has 1 aromatic carbocycles. The molecule has 1 aromatic heterocycles. The molecule has 0 aliphatic heterocycles. The highest BCUT2D eigenvalue weighted by molar-refractivity contribution is 5.93. The summed E-state index contributed by atoms with van der Waals surface area (Å²) in [5.41, 5.74) is 0.260. The molecule has 0 fully saturated rings. The maximum absolute atomic E-state index is 12.6. The zero-order chi connectivity index (χ0) is 19.6. The number of hydrogen-bond donors (Lipinski definition) is 2. The molecular formula is C18H18F2N2O5. The van der Waals surface area contributed by atoms with Gasteiger partial charge in [0.15, 0.2) is 17.3 Å². The van der Waals surface area contributed by atoms with Gasteiger partial charge in [0.05, 0.1) is 13.4 Å². The third-order valence-corrected chi connectivity index (χ3v) is 3.31. The maximum Gasteiger partial charge on any atom is 0.387 e. The Bertz CT molecular complexity index is 791. The largest absolute Gasteiger partial charge is 0.493 e. The van der Waals surface area contributed by atoms with Crippen LogP contribution in [-0.4, -0.2) is 38.6 Å². The smallest absolute Gasteiger partial charge is 0.387 e.